The number of halogens is 3. The lowest BCUT2D eigenvalue weighted by atomic mass is 10.1. The first-order valence-electron chi connectivity index (χ1n) is 7.04. The van der Waals surface area contributed by atoms with Crippen molar-refractivity contribution in [3.8, 4) is 11.5 Å². The number of amides is 1. The van der Waals surface area contributed by atoms with E-state index in [4.69, 9.17) is 44.3 Å². The molecule has 2 aromatic rings. The monoisotopic (exact) mass is 387 g/mol. The molecule has 0 saturated heterocycles. The Kier molecular flexibility index (Phi) is 6.21. The van der Waals surface area contributed by atoms with Crippen LogP contribution < -0.4 is 14.8 Å². The second kappa shape index (κ2) is 7.97. The number of alkyl halides is 3. The second-order valence-electron chi connectivity index (χ2n) is 5.06. The first-order chi connectivity index (χ1) is 11.3. The van der Waals surface area contributed by atoms with Crippen LogP contribution in [0, 0.1) is 6.92 Å². The highest BCUT2D eigenvalue weighted by atomic mass is 35.6. The lowest BCUT2D eigenvalue weighted by molar-refractivity contribution is -0.122. The van der Waals surface area contributed by atoms with Gasteiger partial charge in [0.2, 0.25) is 0 Å². The molecule has 24 heavy (non-hydrogen) atoms. The molecule has 7 heteroatoms. The van der Waals surface area contributed by atoms with Crippen molar-refractivity contribution >= 4 is 40.7 Å². The van der Waals surface area contributed by atoms with Crippen molar-refractivity contribution in [2.45, 2.75) is 16.9 Å². The van der Waals surface area contributed by atoms with E-state index in [1.165, 1.54) is 0 Å². The van der Waals surface area contributed by atoms with E-state index in [2.05, 4.69) is 5.32 Å². The van der Waals surface area contributed by atoms with Gasteiger partial charge in [-0.1, -0.05) is 64.6 Å². The van der Waals surface area contributed by atoms with Crippen LogP contribution in [0.25, 0.3) is 0 Å². The zero-order valence-corrected chi connectivity index (χ0v) is 15.3. The highest BCUT2D eigenvalue weighted by molar-refractivity contribution is 6.76. The van der Waals surface area contributed by atoms with Gasteiger partial charge in [0.25, 0.3) is 9.70 Å². The minimum absolute atomic E-state index is 0.534. The third kappa shape index (κ3) is 5.20. The number of rotatable bonds is 5. The predicted molar refractivity (Wildman–Crippen MR) is 96.0 cm³/mol. The summed E-state index contributed by atoms with van der Waals surface area (Å²) in [7, 11) is 1.58. The van der Waals surface area contributed by atoms with Crippen molar-refractivity contribution in [1.82, 2.24) is 5.32 Å². The Morgan fingerprint density at radius 2 is 1.71 bits per heavy atom. The van der Waals surface area contributed by atoms with E-state index in [1.54, 1.807) is 31.4 Å². The van der Waals surface area contributed by atoms with Gasteiger partial charge < -0.3 is 14.8 Å². The van der Waals surface area contributed by atoms with E-state index < -0.39 is 15.9 Å². The maximum absolute atomic E-state index is 12.0. The maximum atomic E-state index is 12.0. The quantitative estimate of drug-likeness (QED) is 0.603. The largest absolute Gasteiger partial charge is 0.497 e. The van der Waals surface area contributed by atoms with Gasteiger partial charge in [-0.3, -0.25) is 4.79 Å². The zero-order valence-electron chi connectivity index (χ0n) is 13.1. The van der Waals surface area contributed by atoms with E-state index >= 15 is 0 Å². The van der Waals surface area contributed by atoms with Gasteiger partial charge in [0.05, 0.1) is 7.11 Å². The molecule has 0 bridgehead atoms. The van der Waals surface area contributed by atoms with Crippen LogP contribution in [0.1, 0.15) is 17.4 Å². The Bertz CT molecular complexity index is 699. The smallest absolute Gasteiger partial charge is 0.275 e. The van der Waals surface area contributed by atoms with E-state index in [0.717, 1.165) is 11.1 Å². The van der Waals surface area contributed by atoms with Gasteiger partial charge in [-0.25, -0.2) is 0 Å². The Balaban J connectivity index is 2.26. The number of ether oxygens (including phenoxy) is 2. The topological polar surface area (TPSA) is 47.6 Å². The SMILES string of the molecule is COc1ccc(OC(NC(=O)C(Cl)(Cl)Cl)c2cccc(C)c2)cc1. The fraction of sp³-hybridized carbons (Fsp3) is 0.235. The molecule has 0 saturated carbocycles. The number of methoxy groups -OCH3 is 1. The highest BCUT2D eigenvalue weighted by Gasteiger charge is 2.33. The average Bonchev–Trinajstić information content (AvgIpc) is 2.54. The van der Waals surface area contributed by atoms with Gasteiger partial charge in [0.15, 0.2) is 6.23 Å². The Morgan fingerprint density at radius 3 is 2.25 bits per heavy atom. The number of benzene rings is 2. The van der Waals surface area contributed by atoms with Gasteiger partial charge in [-0.15, -0.1) is 0 Å². The fourth-order valence-corrected chi connectivity index (χ4v) is 2.17. The van der Waals surface area contributed by atoms with Gasteiger partial charge in [-0.05, 0) is 31.2 Å². The summed E-state index contributed by atoms with van der Waals surface area (Å²) in [5.74, 6) is 0.458. The lowest BCUT2D eigenvalue weighted by Gasteiger charge is -2.23. The van der Waals surface area contributed by atoms with Crippen molar-refractivity contribution < 1.29 is 14.3 Å². The molecule has 1 unspecified atom stereocenters. The molecule has 0 aliphatic carbocycles. The van der Waals surface area contributed by atoms with Crippen molar-refractivity contribution in [3.63, 3.8) is 0 Å². The molecular weight excluding hydrogens is 373 g/mol. The van der Waals surface area contributed by atoms with Crippen LogP contribution in [0.15, 0.2) is 48.5 Å². The second-order valence-corrected chi connectivity index (χ2v) is 7.34. The molecular formula is C17H16Cl3NO3. The molecule has 0 aromatic heterocycles. The standard InChI is InChI=1S/C17H16Cl3NO3/c1-11-4-3-5-12(10-11)15(21-16(22)17(18,19)20)24-14-8-6-13(23-2)7-9-14/h3-10,15H,1-2H3,(H,21,22). The Morgan fingerprint density at radius 1 is 1.08 bits per heavy atom. The molecule has 2 aromatic carbocycles. The molecule has 128 valence electrons. The van der Waals surface area contributed by atoms with E-state index in [-0.39, 0.29) is 0 Å². The normalized spacial score (nSPS) is 12.4. The summed E-state index contributed by atoms with van der Waals surface area (Å²) in [4.78, 5) is 12.0. The van der Waals surface area contributed by atoms with Gasteiger partial charge in [-0.2, -0.15) is 0 Å². The van der Waals surface area contributed by atoms with Crippen molar-refractivity contribution in [2.24, 2.45) is 0 Å². The maximum Gasteiger partial charge on any atom is 0.275 e. The number of carbonyl (C=O) groups excluding carboxylic acids is 1. The number of hydrogen-bond donors (Lipinski definition) is 1. The van der Waals surface area contributed by atoms with Crippen LogP contribution >= 0.6 is 34.8 Å². The number of aryl methyl sites for hydroxylation is 1. The first-order valence-corrected chi connectivity index (χ1v) is 8.18. The molecule has 1 atom stereocenters. The lowest BCUT2D eigenvalue weighted by Crippen LogP contribution is -2.39. The summed E-state index contributed by atoms with van der Waals surface area (Å²) in [5.41, 5.74) is 1.74. The molecule has 0 aliphatic heterocycles. The van der Waals surface area contributed by atoms with Crippen LogP contribution in [0.3, 0.4) is 0 Å². The third-order valence-corrected chi connectivity index (χ3v) is 3.69. The van der Waals surface area contributed by atoms with E-state index in [0.29, 0.717) is 11.5 Å². The number of nitrogens with one attached hydrogen (secondary N) is 1. The minimum Gasteiger partial charge on any atom is -0.497 e. The summed E-state index contributed by atoms with van der Waals surface area (Å²) in [6, 6.07) is 14.4. The van der Waals surface area contributed by atoms with Gasteiger partial charge >= 0.3 is 0 Å². The van der Waals surface area contributed by atoms with Crippen LogP contribution in [0.4, 0.5) is 0 Å². The molecule has 0 spiro atoms. The summed E-state index contributed by atoms with van der Waals surface area (Å²) >= 11 is 16.9. The van der Waals surface area contributed by atoms with Crippen molar-refractivity contribution in [1.29, 1.82) is 0 Å². The van der Waals surface area contributed by atoms with E-state index in [1.807, 2.05) is 31.2 Å². The first kappa shape index (κ1) is 18.7. The Labute approximate surface area is 155 Å². The summed E-state index contributed by atoms with van der Waals surface area (Å²) in [6.45, 7) is 1.94. The van der Waals surface area contributed by atoms with Crippen LogP contribution in [0.2, 0.25) is 0 Å². The van der Waals surface area contributed by atoms with Crippen molar-refractivity contribution in [3.05, 3.63) is 59.7 Å². The molecule has 0 radical (unpaired) electrons. The van der Waals surface area contributed by atoms with Gasteiger partial charge in [0, 0.05) is 5.56 Å². The molecule has 1 N–H and O–H groups in total. The van der Waals surface area contributed by atoms with Crippen LogP contribution in [-0.4, -0.2) is 16.8 Å². The highest BCUT2D eigenvalue weighted by Crippen LogP contribution is 2.29. The molecule has 2 rings (SSSR count). The fourth-order valence-electron chi connectivity index (χ4n) is 2.01. The van der Waals surface area contributed by atoms with Crippen molar-refractivity contribution in [2.75, 3.05) is 7.11 Å². The van der Waals surface area contributed by atoms with E-state index in [9.17, 15) is 4.79 Å². The zero-order chi connectivity index (χ0) is 17.7. The molecule has 0 aliphatic rings. The summed E-state index contributed by atoms with van der Waals surface area (Å²) in [6.07, 6.45) is -0.804. The molecule has 1 amide bonds. The van der Waals surface area contributed by atoms with Crippen LogP contribution in [-0.2, 0) is 4.79 Å². The van der Waals surface area contributed by atoms with Gasteiger partial charge in [0.1, 0.15) is 11.5 Å². The third-order valence-electron chi connectivity index (χ3n) is 3.18. The number of hydrogen-bond acceptors (Lipinski definition) is 3. The van der Waals surface area contributed by atoms with Crippen LogP contribution in [0.5, 0.6) is 11.5 Å². The summed E-state index contributed by atoms with van der Waals surface area (Å²) < 4.78 is 8.89. The minimum atomic E-state index is -2.08. The predicted octanol–water partition coefficient (Wildman–Crippen LogP) is 4.57. The number of carbonyl (C=O) groups is 1. The molecule has 0 fully saturated rings. The average molecular weight is 389 g/mol. The molecule has 0 heterocycles. The summed E-state index contributed by atoms with van der Waals surface area (Å²) in [5, 5.41) is 2.59. The Hall–Kier alpha value is -1.62. The molecule has 4 nitrogen and oxygen atoms in total.